The van der Waals surface area contributed by atoms with Gasteiger partial charge in [0.1, 0.15) is 48.8 Å². The van der Waals surface area contributed by atoms with Crippen LogP contribution in [0.1, 0.15) is 200 Å². The molecule has 0 bridgehead atoms. The van der Waals surface area contributed by atoms with E-state index in [-0.39, 0.29) is 18.9 Å². The highest BCUT2D eigenvalue weighted by Gasteiger charge is 2.51. The minimum absolute atomic E-state index is 0.248. The van der Waals surface area contributed by atoms with E-state index >= 15 is 0 Å². The number of ether oxygens (including phenoxy) is 4. The number of hydrogen-bond donors (Lipinski definition) is 9. The zero-order valence-corrected chi connectivity index (χ0v) is 39.3. The van der Waals surface area contributed by atoms with E-state index in [4.69, 9.17) is 18.9 Å². The number of unbranched alkanes of at least 4 members (excludes halogenated alkanes) is 26. The van der Waals surface area contributed by atoms with E-state index in [1.165, 1.54) is 141 Å². The average molecular weight is 904 g/mol. The van der Waals surface area contributed by atoms with E-state index in [0.29, 0.717) is 6.42 Å². The fourth-order valence-corrected chi connectivity index (χ4v) is 8.53. The van der Waals surface area contributed by atoms with Crippen LogP contribution in [0.25, 0.3) is 0 Å². The summed E-state index contributed by atoms with van der Waals surface area (Å²) in [7, 11) is 0. The lowest BCUT2D eigenvalue weighted by molar-refractivity contribution is -0.359. The minimum Gasteiger partial charge on any atom is -0.394 e. The first-order valence-corrected chi connectivity index (χ1v) is 25.4. The Balaban J connectivity index is 1.58. The van der Waals surface area contributed by atoms with Gasteiger partial charge in [0.15, 0.2) is 12.6 Å². The van der Waals surface area contributed by atoms with Crippen molar-refractivity contribution in [1.29, 1.82) is 0 Å². The van der Waals surface area contributed by atoms with E-state index in [1.807, 2.05) is 13.0 Å². The summed E-state index contributed by atoms with van der Waals surface area (Å²) in [5.74, 6) is -0.248. The van der Waals surface area contributed by atoms with E-state index in [2.05, 4.69) is 12.2 Å². The molecule has 9 N–H and O–H groups in total. The van der Waals surface area contributed by atoms with Gasteiger partial charge < -0.3 is 65.1 Å². The molecule has 1 amide bonds. The third-order valence-corrected chi connectivity index (χ3v) is 12.7. The zero-order valence-electron chi connectivity index (χ0n) is 39.3. The third kappa shape index (κ3) is 24.4. The van der Waals surface area contributed by atoms with Crippen LogP contribution in [0.15, 0.2) is 12.2 Å². The Bertz CT molecular complexity index is 1120. The fourth-order valence-electron chi connectivity index (χ4n) is 8.53. The van der Waals surface area contributed by atoms with Crippen LogP contribution in [0.4, 0.5) is 0 Å². The summed E-state index contributed by atoms with van der Waals surface area (Å²) in [6.07, 6.45) is 22.5. The Morgan fingerprint density at radius 1 is 0.556 bits per heavy atom. The summed E-state index contributed by atoms with van der Waals surface area (Å²) in [5.41, 5.74) is 0. The molecule has 12 unspecified atom stereocenters. The van der Waals surface area contributed by atoms with Gasteiger partial charge in [0.2, 0.25) is 5.91 Å². The Hall–Kier alpha value is -1.27. The van der Waals surface area contributed by atoms with E-state index in [9.17, 15) is 45.6 Å². The van der Waals surface area contributed by atoms with Crippen LogP contribution in [0.2, 0.25) is 0 Å². The van der Waals surface area contributed by atoms with Gasteiger partial charge in [-0.2, -0.15) is 0 Å². The molecule has 372 valence electrons. The first kappa shape index (κ1) is 57.9. The molecule has 0 radical (unpaired) electrons. The summed E-state index contributed by atoms with van der Waals surface area (Å²) < 4.78 is 22.5. The van der Waals surface area contributed by atoms with Crippen molar-refractivity contribution in [2.75, 3.05) is 19.8 Å². The van der Waals surface area contributed by atoms with Crippen molar-refractivity contribution in [1.82, 2.24) is 5.32 Å². The predicted octanol–water partition coefficient (Wildman–Crippen LogP) is 6.38. The van der Waals surface area contributed by atoms with Gasteiger partial charge >= 0.3 is 0 Å². The first-order chi connectivity index (χ1) is 30.6. The lowest BCUT2D eigenvalue weighted by Crippen LogP contribution is -2.65. The molecule has 2 aliphatic rings. The molecule has 0 aliphatic carbocycles. The lowest BCUT2D eigenvalue weighted by Gasteiger charge is -2.46. The largest absolute Gasteiger partial charge is 0.394 e. The van der Waals surface area contributed by atoms with Crippen LogP contribution < -0.4 is 5.32 Å². The van der Waals surface area contributed by atoms with Gasteiger partial charge in [0, 0.05) is 6.42 Å². The fraction of sp³-hybridized carbons (Fsp3) is 0.939. The van der Waals surface area contributed by atoms with Gasteiger partial charge in [0.05, 0.1) is 32.0 Å². The second kappa shape index (κ2) is 36.8. The van der Waals surface area contributed by atoms with Crippen molar-refractivity contribution in [3.63, 3.8) is 0 Å². The molecular formula is C49H93NO13. The number of aliphatic hydroxyl groups is 8. The lowest BCUT2D eigenvalue weighted by atomic mass is 9.97. The number of nitrogens with one attached hydrogen (secondary N) is 1. The quantitative estimate of drug-likeness (QED) is 0.0241. The Morgan fingerprint density at radius 3 is 1.43 bits per heavy atom. The van der Waals surface area contributed by atoms with Crippen molar-refractivity contribution >= 4 is 5.91 Å². The standard InChI is InChI=1S/C49H93NO13/c1-3-5-7-8-9-10-11-12-13-14-15-16-17-18-19-20-21-22-23-24-25-26-27-28-29-31-33-41(54)50-37(38(53)32-30-6-4-2)36-60-48-46(59)44(57)47(40(35-52)62-48)63-49-45(58)43(56)42(55)39(34-51)61-49/h30,32,37-40,42-49,51-53,55-59H,3-29,31,33-36H2,1-2H3,(H,50,54)/b32-30+. The van der Waals surface area contributed by atoms with Crippen molar-refractivity contribution in [3.05, 3.63) is 12.2 Å². The zero-order chi connectivity index (χ0) is 46.1. The molecule has 0 saturated carbocycles. The van der Waals surface area contributed by atoms with Gasteiger partial charge in [-0.05, 0) is 12.8 Å². The molecule has 14 heteroatoms. The maximum Gasteiger partial charge on any atom is 0.220 e. The minimum atomic E-state index is -1.78. The number of rotatable bonds is 39. The van der Waals surface area contributed by atoms with Gasteiger partial charge in [-0.3, -0.25) is 4.79 Å². The van der Waals surface area contributed by atoms with Crippen molar-refractivity contribution in [2.45, 2.75) is 274 Å². The number of amides is 1. The SMILES string of the molecule is CCC/C=C/C(O)C(COC1OC(CO)C(OC2OC(CO)C(O)C(O)C2O)C(O)C1O)NC(=O)CCCCCCCCCCCCCCCCCCCCCCCCCCCC. The summed E-state index contributed by atoms with van der Waals surface area (Å²) in [4.78, 5) is 13.0. The average Bonchev–Trinajstić information content (AvgIpc) is 3.28. The first-order valence-electron chi connectivity index (χ1n) is 25.4. The molecule has 12 atom stereocenters. The maximum atomic E-state index is 13.0. The molecule has 63 heavy (non-hydrogen) atoms. The highest BCUT2D eigenvalue weighted by molar-refractivity contribution is 5.76. The smallest absolute Gasteiger partial charge is 0.220 e. The van der Waals surface area contributed by atoms with Gasteiger partial charge in [0.25, 0.3) is 0 Å². The van der Waals surface area contributed by atoms with Crippen LogP contribution in [-0.4, -0.2) is 140 Å². The number of carbonyl (C=O) groups is 1. The summed E-state index contributed by atoms with van der Waals surface area (Å²) in [5, 5.41) is 85.8. The molecule has 2 heterocycles. The van der Waals surface area contributed by atoms with Crippen LogP contribution in [0.3, 0.4) is 0 Å². The maximum absolute atomic E-state index is 13.0. The highest BCUT2D eigenvalue weighted by atomic mass is 16.7. The molecule has 2 saturated heterocycles. The topological polar surface area (TPSA) is 228 Å². The summed E-state index contributed by atoms with van der Waals surface area (Å²) >= 11 is 0. The van der Waals surface area contributed by atoms with Crippen LogP contribution in [0.5, 0.6) is 0 Å². The van der Waals surface area contributed by atoms with E-state index < -0.39 is 86.8 Å². The normalized spacial score (nSPS) is 27.5. The predicted molar refractivity (Wildman–Crippen MR) is 245 cm³/mol. The van der Waals surface area contributed by atoms with Gasteiger partial charge in [-0.1, -0.05) is 193 Å². The molecule has 2 fully saturated rings. The molecule has 14 nitrogen and oxygen atoms in total. The second-order valence-electron chi connectivity index (χ2n) is 18.3. The van der Waals surface area contributed by atoms with Crippen LogP contribution >= 0.6 is 0 Å². The molecule has 0 aromatic heterocycles. The Labute approximate surface area is 380 Å². The number of hydrogen-bond acceptors (Lipinski definition) is 13. The molecule has 0 aromatic rings. The van der Waals surface area contributed by atoms with Gasteiger partial charge in [-0.25, -0.2) is 0 Å². The summed E-state index contributed by atoms with van der Waals surface area (Å²) in [6, 6.07) is -0.904. The number of carbonyl (C=O) groups excluding carboxylic acids is 1. The summed E-state index contributed by atoms with van der Waals surface area (Å²) in [6.45, 7) is 2.57. The molecular weight excluding hydrogens is 811 g/mol. The van der Waals surface area contributed by atoms with E-state index in [0.717, 1.165) is 32.1 Å². The Kier molecular flexibility index (Phi) is 33.8. The molecule has 0 aromatic carbocycles. The number of aliphatic hydroxyl groups excluding tert-OH is 8. The monoisotopic (exact) mass is 904 g/mol. The highest BCUT2D eigenvalue weighted by Crippen LogP contribution is 2.30. The number of allylic oxidation sites excluding steroid dienone is 1. The van der Waals surface area contributed by atoms with Gasteiger partial charge in [-0.15, -0.1) is 0 Å². The Morgan fingerprint density at radius 2 is 0.984 bits per heavy atom. The third-order valence-electron chi connectivity index (χ3n) is 12.7. The second-order valence-corrected chi connectivity index (χ2v) is 18.3. The molecule has 2 aliphatic heterocycles. The van der Waals surface area contributed by atoms with Crippen molar-refractivity contribution in [3.8, 4) is 0 Å². The van der Waals surface area contributed by atoms with Crippen molar-refractivity contribution in [2.24, 2.45) is 0 Å². The van der Waals surface area contributed by atoms with Crippen LogP contribution in [-0.2, 0) is 23.7 Å². The molecule has 0 spiro atoms. The van der Waals surface area contributed by atoms with E-state index in [1.54, 1.807) is 6.08 Å². The van der Waals surface area contributed by atoms with Crippen molar-refractivity contribution < 1.29 is 64.6 Å². The molecule has 2 rings (SSSR count). The van der Waals surface area contributed by atoms with Crippen LogP contribution in [0, 0.1) is 0 Å².